The number of carbonyl (C=O) groups excluding carboxylic acids is 2. The van der Waals surface area contributed by atoms with Gasteiger partial charge in [0.25, 0.3) is 5.91 Å². The summed E-state index contributed by atoms with van der Waals surface area (Å²) in [6, 6.07) is 12.2. The maximum atomic E-state index is 12.3. The van der Waals surface area contributed by atoms with Crippen molar-refractivity contribution in [3.05, 3.63) is 53.6 Å². The summed E-state index contributed by atoms with van der Waals surface area (Å²) in [6.45, 7) is 2.97. The molecule has 0 radical (unpaired) electrons. The molecule has 0 bridgehead atoms. The van der Waals surface area contributed by atoms with Crippen LogP contribution in [0.25, 0.3) is 0 Å². The fourth-order valence-electron chi connectivity index (χ4n) is 2.43. The number of rotatable bonds is 2. The van der Waals surface area contributed by atoms with Gasteiger partial charge in [-0.1, -0.05) is 17.7 Å². The molecule has 3 amide bonds. The van der Waals surface area contributed by atoms with Crippen LogP contribution in [0.4, 0.5) is 16.2 Å². The van der Waals surface area contributed by atoms with Crippen molar-refractivity contribution in [1.29, 1.82) is 0 Å². The highest BCUT2D eigenvalue weighted by molar-refractivity contribution is 6.02. The van der Waals surface area contributed by atoms with Gasteiger partial charge >= 0.3 is 6.03 Å². The van der Waals surface area contributed by atoms with Crippen LogP contribution in [0.1, 0.15) is 15.9 Å². The van der Waals surface area contributed by atoms with Crippen molar-refractivity contribution in [3.8, 4) is 5.75 Å². The fraction of sp³-hybridized carbons (Fsp3) is 0.222. The van der Waals surface area contributed by atoms with Crippen LogP contribution >= 0.6 is 0 Å². The van der Waals surface area contributed by atoms with Gasteiger partial charge in [0.15, 0.2) is 0 Å². The van der Waals surface area contributed by atoms with Crippen LogP contribution in [0.5, 0.6) is 5.75 Å². The molecule has 0 atom stereocenters. The van der Waals surface area contributed by atoms with Crippen LogP contribution in [-0.4, -0.2) is 37.0 Å². The molecule has 2 N–H and O–H groups in total. The molecule has 1 aliphatic rings. The van der Waals surface area contributed by atoms with Crippen molar-refractivity contribution < 1.29 is 14.3 Å². The van der Waals surface area contributed by atoms with Gasteiger partial charge in [-0.25, -0.2) is 4.79 Å². The summed E-state index contributed by atoms with van der Waals surface area (Å²) in [6.07, 6.45) is 0. The maximum absolute atomic E-state index is 12.3. The van der Waals surface area contributed by atoms with Crippen LogP contribution in [-0.2, 0) is 0 Å². The number of urea groups is 1. The average Bonchev–Trinajstić information content (AvgIpc) is 2.70. The predicted molar refractivity (Wildman–Crippen MR) is 92.7 cm³/mol. The number of likely N-dealkylation sites (N-methyl/N-ethyl adjacent to an activating group) is 1. The van der Waals surface area contributed by atoms with Gasteiger partial charge in [-0.05, 0) is 37.3 Å². The summed E-state index contributed by atoms with van der Waals surface area (Å²) in [5.41, 5.74) is 2.80. The summed E-state index contributed by atoms with van der Waals surface area (Å²) >= 11 is 0. The Balaban J connectivity index is 1.73. The molecular weight excluding hydrogens is 306 g/mol. The normalized spacial score (nSPS) is 13.6. The molecule has 6 heteroatoms. The molecule has 6 nitrogen and oxygen atoms in total. The van der Waals surface area contributed by atoms with E-state index < -0.39 is 0 Å². The highest BCUT2D eigenvalue weighted by Gasteiger charge is 2.21. The Kier molecular flexibility index (Phi) is 4.37. The van der Waals surface area contributed by atoms with E-state index in [1.165, 1.54) is 0 Å². The molecule has 3 rings (SSSR count). The molecule has 0 spiro atoms. The summed E-state index contributed by atoms with van der Waals surface area (Å²) in [5.74, 6) is 0.416. The minimum atomic E-state index is -0.367. The fourth-order valence-corrected chi connectivity index (χ4v) is 2.43. The van der Waals surface area contributed by atoms with Crippen LogP contribution in [0, 0.1) is 6.92 Å². The van der Waals surface area contributed by atoms with Gasteiger partial charge < -0.3 is 20.3 Å². The highest BCUT2D eigenvalue weighted by atomic mass is 16.5. The van der Waals surface area contributed by atoms with Gasteiger partial charge in [0.05, 0.1) is 12.1 Å². The van der Waals surface area contributed by atoms with Crippen molar-refractivity contribution in [3.63, 3.8) is 0 Å². The van der Waals surface area contributed by atoms with E-state index >= 15 is 0 Å². The van der Waals surface area contributed by atoms with Crippen LogP contribution < -0.4 is 15.4 Å². The lowest BCUT2D eigenvalue weighted by Crippen LogP contribution is -2.28. The van der Waals surface area contributed by atoms with E-state index in [9.17, 15) is 9.59 Å². The third kappa shape index (κ3) is 3.48. The Bertz CT molecular complexity index is 772. The van der Waals surface area contributed by atoms with Crippen LogP contribution in [0.15, 0.2) is 42.5 Å². The van der Waals surface area contributed by atoms with Crippen LogP contribution in [0.3, 0.4) is 0 Å². The topological polar surface area (TPSA) is 70.7 Å². The lowest BCUT2D eigenvalue weighted by atomic mass is 10.1. The zero-order valence-corrected chi connectivity index (χ0v) is 13.6. The molecule has 0 aliphatic carbocycles. The van der Waals surface area contributed by atoms with E-state index in [1.54, 1.807) is 30.1 Å². The van der Waals surface area contributed by atoms with Crippen LogP contribution in [0.2, 0.25) is 0 Å². The first-order chi connectivity index (χ1) is 11.5. The molecule has 0 unspecified atom stereocenters. The summed E-state index contributed by atoms with van der Waals surface area (Å²) in [5, 5.41) is 5.49. The number of nitrogens with zero attached hydrogens (tertiary/aromatic N) is 1. The Labute approximate surface area is 140 Å². The van der Waals surface area contributed by atoms with E-state index in [2.05, 4.69) is 10.6 Å². The van der Waals surface area contributed by atoms with Crippen molar-refractivity contribution >= 4 is 23.3 Å². The smallest absolute Gasteiger partial charge is 0.323 e. The number of carbonyl (C=O) groups is 2. The third-order valence-electron chi connectivity index (χ3n) is 3.81. The molecule has 1 heterocycles. The number of hydrogen-bond donors (Lipinski definition) is 2. The second kappa shape index (κ2) is 6.62. The second-order valence-corrected chi connectivity index (χ2v) is 5.73. The first-order valence-corrected chi connectivity index (χ1v) is 7.70. The Morgan fingerprint density at radius 2 is 1.75 bits per heavy atom. The van der Waals surface area contributed by atoms with Gasteiger partial charge in [-0.3, -0.25) is 4.79 Å². The zero-order valence-electron chi connectivity index (χ0n) is 13.6. The molecule has 2 aromatic rings. The van der Waals surface area contributed by atoms with E-state index in [1.807, 2.05) is 31.2 Å². The van der Waals surface area contributed by atoms with Crippen molar-refractivity contribution in [2.45, 2.75) is 6.92 Å². The average molecular weight is 325 g/mol. The first kappa shape index (κ1) is 15.9. The van der Waals surface area contributed by atoms with E-state index in [0.717, 1.165) is 5.56 Å². The van der Waals surface area contributed by atoms with Gasteiger partial charge in [-0.2, -0.15) is 0 Å². The molecule has 0 saturated heterocycles. The highest BCUT2D eigenvalue weighted by Crippen LogP contribution is 2.26. The van der Waals surface area contributed by atoms with Gasteiger partial charge in [0, 0.05) is 18.4 Å². The summed E-state index contributed by atoms with van der Waals surface area (Å²) in [4.78, 5) is 26.0. The third-order valence-corrected chi connectivity index (χ3v) is 3.81. The molecule has 24 heavy (non-hydrogen) atoms. The maximum Gasteiger partial charge on any atom is 0.323 e. The van der Waals surface area contributed by atoms with Gasteiger partial charge in [0.1, 0.15) is 12.4 Å². The second-order valence-electron chi connectivity index (χ2n) is 5.73. The minimum absolute atomic E-state index is 0.120. The largest absolute Gasteiger partial charge is 0.491 e. The Morgan fingerprint density at radius 1 is 1.08 bits per heavy atom. The minimum Gasteiger partial charge on any atom is -0.491 e. The number of amides is 3. The number of aryl methyl sites for hydroxylation is 1. The zero-order chi connectivity index (χ0) is 17.1. The number of nitrogens with one attached hydrogen (secondary N) is 2. The van der Waals surface area contributed by atoms with E-state index in [4.69, 9.17) is 4.74 Å². The Hall–Kier alpha value is -3.02. The first-order valence-electron chi connectivity index (χ1n) is 7.70. The van der Waals surface area contributed by atoms with Gasteiger partial charge in [0.2, 0.25) is 0 Å². The molecule has 2 aromatic carbocycles. The SMILES string of the molecule is Cc1ccc(NC(=O)Nc2ccc3c(c2)C(=O)N(C)CCO3)cc1. The molecule has 0 aromatic heterocycles. The number of fused-ring (bicyclic) bond motifs is 1. The standard InChI is InChI=1S/C18H19N3O3/c1-12-3-5-13(6-4-12)19-18(23)20-14-7-8-16-15(11-14)17(22)21(2)9-10-24-16/h3-8,11H,9-10H2,1-2H3,(H2,19,20,23). The number of ether oxygens (including phenoxy) is 1. The van der Waals surface area contributed by atoms with Gasteiger partial charge in [-0.15, -0.1) is 0 Å². The lowest BCUT2D eigenvalue weighted by Gasteiger charge is -2.13. The van der Waals surface area contributed by atoms with Crippen molar-refractivity contribution in [1.82, 2.24) is 4.90 Å². The number of benzene rings is 2. The lowest BCUT2D eigenvalue weighted by molar-refractivity contribution is 0.0796. The van der Waals surface area contributed by atoms with E-state index in [-0.39, 0.29) is 11.9 Å². The predicted octanol–water partition coefficient (Wildman–Crippen LogP) is 3.10. The molecule has 0 saturated carbocycles. The number of hydrogen-bond acceptors (Lipinski definition) is 3. The molecule has 1 aliphatic heterocycles. The number of anilines is 2. The molecular formula is C18H19N3O3. The summed E-state index contributed by atoms with van der Waals surface area (Å²) in [7, 11) is 1.73. The quantitative estimate of drug-likeness (QED) is 0.891. The van der Waals surface area contributed by atoms with Crippen molar-refractivity contribution in [2.75, 3.05) is 30.8 Å². The monoisotopic (exact) mass is 325 g/mol. The Morgan fingerprint density at radius 3 is 2.50 bits per heavy atom. The van der Waals surface area contributed by atoms with E-state index in [0.29, 0.717) is 35.8 Å². The summed E-state index contributed by atoms with van der Waals surface area (Å²) < 4.78 is 5.57. The van der Waals surface area contributed by atoms with Crippen molar-refractivity contribution in [2.24, 2.45) is 0 Å². The molecule has 0 fully saturated rings. The molecule has 124 valence electrons.